The van der Waals surface area contributed by atoms with Crippen molar-refractivity contribution in [3.8, 4) is 0 Å². The zero-order valence-corrected chi connectivity index (χ0v) is 19.8. The summed E-state index contributed by atoms with van der Waals surface area (Å²) in [6, 6.07) is 8.81. The molecule has 3 saturated heterocycles. The maximum absolute atomic E-state index is 13.7. The van der Waals surface area contributed by atoms with Crippen LogP contribution >= 0.6 is 0 Å². The zero-order valence-electron chi connectivity index (χ0n) is 19.8. The second-order valence-electron chi connectivity index (χ2n) is 10.4. The highest BCUT2D eigenvalue weighted by Gasteiger charge is 2.64. The van der Waals surface area contributed by atoms with Crippen LogP contribution in [-0.4, -0.2) is 90.0 Å². The molecule has 1 aliphatic carbocycles. The van der Waals surface area contributed by atoms with E-state index in [1.807, 2.05) is 30.3 Å². The monoisotopic (exact) mass is 486 g/mol. The number of hydroxylamine groups is 1. The van der Waals surface area contributed by atoms with Crippen molar-refractivity contribution in [1.29, 1.82) is 0 Å². The molecular formula is C25H34N4O6. The van der Waals surface area contributed by atoms with Gasteiger partial charge in [-0.2, -0.15) is 0 Å². The Kier molecular flexibility index (Phi) is 6.59. The molecule has 10 nitrogen and oxygen atoms in total. The normalized spacial score (nSPS) is 31.3. The smallest absolute Gasteiger partial charge is 0.408 e. The number of nitrogens with one attached hydrogen (secondary N) is 1. The number of nitrogens with zero attached hydrogens (tertiary/aromatic N) is 3. The van der Waals surface area contributed by atoms with Gasteiger partial charge in [0.25, 0.3) is 0 Å². The number of para-hydroxylation sites is 1. The molecule has 4 aliphatic rings. The van der Waals surface area contributed by atoms with Crippen molar-refractivity contribution in [3.05, 3.63) is 30.3 Å². The molecule has 3 N–H and O–H groups in total. The maximum Gasteiger partial charge on any atom is 0.408 e. The summed E-state index contributed by atoms with van der Waals surface area (Å²) < 4.78 is 5.49. The lowest BCUT2D eigenvalue weighted by Gasteiger charge is -2.46. The molecule has 4 atom stereocenters. The summed E-state index contributed by atoms with van der Waals surface area (Å²) in [5.41, 5.74) is 2.47. The van der Waals surface area contributed by atoms with E-state index in [2.05, 4.69) is 4.90 Å². The van der Waals surface area contributed by atoms with E-state index in [1.165, 1.54) is 4.90 Å². The molecule has 4 unspecified atom stereocenters. The number of piperidine rings is 1. The fraction of sp³-hybridized carbons (Fsp3) is 0.640. The van der Waals surface area contributed by atoms with Gasteiger partial charge in [0, 0.05) is 51.6 Å². The summed E-state index contributed by atoms with van der Waals surface area (Å²) in [6.45, 7) is 3.80. The van der Waals surface area contributed by atoms with Gasteiger partial charge in [0.05, 0.1) is 5.92 Å². The predicted octanol–water partition coefficient (Wildman–Crippen LogP) is 1.64. The summed E-state index contributed by atoms with van der Waals surface area (Å²) in [5.74, 6) is -1.21. The van der Waals surface area contributed by atoms with Gasteiger partial charge in [0.2, 0.25) is 11.8 Å². The first-order valence-corrected chi connectivity index (χ1v) is 12.5. The highest BCUT2D eigenvalue weighted by molar-refractivity contribution is 5.92. The van der Waals surface area contributed by atoms with E-state index in [4.69, 9.17) is 4.74 Å². The van der Waals surface area contributed by atoms with Crippen LogP contribution in [0.5, 0.6) is 0 Å². The van der Waals surface area contributed by atoms with E-state index in [1.54, 1.807) is 10.4 Å². The Hall–Kier alpha value is -2.85. The van der Waals surface area contributed by atoms with E-state index in [9.17, 15) is 24.7 Å². The van der Waals surface area contributed by atoms with Gasteiger partial charge >= 0.3 is 6.09 Å². The van der Waals surface area contributed by atoms with E-state index in [-0.39, 0.29) is 17.9 Å². The molecule has 1 spiro atoms. The van der Waals surface area contributed by atoms with Gasteiger partial charge in [-0.1, -0.05) is 18.2 Å². The number of piperazine rings is 1. The molecule has 35 heavy (non-hydrogen) atoms. The number of likely N-dealkylation sites (tertiary alicyclic amines) is 1. The van der Waals surface area contributed by atoms with Crippen LogP contribution in [0.1, 0.15) is 25.7 Å². The molecule has 0 bridgehead atoms. The molecule has 190 valence electrons. The van der Waals surface area contributed by atoms with Gasteiger partial charge in [-0.05, 0) is 55.1 Å². The van der Waals surface area contributed by atoms with Crippen LogP contribution in [0.3, 0.4) is 0 Å². The van der Waals surface area contributed by atoms with Crippen molar-refractivity contribution in [2.45, 2.75) is 31.7 Å². The van der Waals surface area contributed by atoms with Crippen LogP contribution < -0.4 is 10.4 Å². The number of hydrogen-bond acceptors (Lipinski definition) is 6. The highest BCUT2D eigenvalue weighted by atomic mass is 16.5. The lowest BCUT2D eigenvalue weighted by Crippen LogP contribution is -2.63. The number of rotatable bonds is 4. The molecule has 1 aromatic rings. The molecule has 0 radical (unpaired) electrons. The summed E-state index contributed by atoms with van der Waals surface area (Å²) in [4.78, 5) is 43.9. The summed E-state index contributed by atoms with van der Waals surface area (Å²) in [6.07, 6.45) is 1.92. The van der Waals surface area contributed by atoms with Gasteiger partial charge in [-0.3, -0.25) is 19.7 Å². The van der Waals surface area contributed by atoms with Gasteiger partial charge in [-0.15, -0.1) is 0 Å². The van der Waals surface area contributed by atoms with Crippen LogP contribution in [0.4, 0.5) is 10.5 Å². The molecular weight excluding hydrogens is 452 g/mol. The second-order valence-corrected chi connectivity index (χ2v) is 10.4. The lowest BCUT2D eigenvalue weighted by molar-refractivity contribution is -0.150. The average molecular weight is 487 g/mol. The van der Waals surface area contributed by atoms with E-state index < -0.39 is 24.0 Å². The number of amides is 3. The molecule has 3 aliphatic heterocycles. The quantitative estimate of drug-likeness (QED) is 0.437. The fourth-order valence-corrected chi connectivity index (χ4v) is 6.67. The minimum Gasteiger partial charge on any atom is -0.465 e. The summed E-state index contributed by atoms with van der Waals surface area (Å²) in [5, 5.41) is 19.6. The number of hydrogen-bond donors (Lipinski definition) is 3. The largest absolute Gasteiger partial charge is 0.465 e. The lowest BCUT2D eigenvalue weighted by atomic mass is 9.76. The van der Waals surface area contributed by atoms with Crippen LogP contribution in [0.15, 0.2) is 30.3 Å². The van der Waals surface area contributed by atoms with Crippen LogP contribution in [0, 0.1) is 23.2 Å². The molecule has 5 rings (SSSR count). The van der Waals surface area contributed by atoms with Gasteiger partial charge in [-0.25, -0.2) is 10.3 Å². The molecule has 10 heteroatoms. The summed E-state index contributed by atoms with van der Waals surface area (Å²) >= 11 is 0. The van der Waals surface area contributed by atoms with Gasteiger partial charge in [0.15, 0.2) is 0 Å². The van der Waals surface area contributed by atoms with Crippen molar-refractivity contribution >= 4 is 23.6 Å². The van der Waals surface area contributed by atoms with Crippen molar-refractivity contribution in [2.75, 3.05) is 50.8 Å². The van der Waals surface area contributed by atoms with Gasteiger partial charge < -0.3 is 19.6 Å². The Morgan fingerprint density at radius 1 is 1.00 bits per heavy atom. The van der Waals surface area contributed by atoms with Crippen LogP contribution in [-0.2, 0) is 14.3 Å². The molecule has 0 aromatic heterocycles. The van der Waals surface area contributed by atoms with E-state index >= 15 is 0 Å². The Balaban J connectivity index is 1.33. The number of anilines is 1. The SMILES string of the molecule is O=C(NO)C1CC2(CC2C2CCOCC2)CN(C(=O)O)C1C(=O)N1CCN(c2ccccc2)CC1. The number of ether oxygens (including phenoxy) is 1. The second kappa shape index (κ2) is 9.66. The average Bonchev–Trinajstić information content (AvgIpc) is 3.60. The third-order valence-corrected chi connectivity index (χ3v) is 8.57. The maximum atomic E-state index is 13.7. The zero-order chi connectivity index (χ0) is 24.6. The predicted molar refractivity (Wildman–Crippen MR) is 126 cm³/mol. The van der Waals surface area contributed by atoms with Crippen molar-refractivity contribution in [2.24, 2.45) is 23.2 Å². The number of benzene rings is 1. The molecule has 3 amide bonds. The molecule has 4 fully saturated rings. The Morgan fingerprint density at radius 2 is 1.69 bits per heavy atom. The standard InChI is InChI=1S/C25H34N4O6/c30-22(26-34)19-14-25(15-20(25)17-6-12-35-13-7-17)16-29(24(32)33)21(19)23(31)28-10-8-27(9-11-28)18-4-2-1-3-5-18/h1-5,17,19-21,34H,6-16H2,(H,26,30)(H,32,33). The van der Waals surface area contributed by atoms with Crippen LogP contribution in [0.25, 0.3) is 0 Å². The number of carbonyl (C=O) groups excluding carboxylic acids is 2. The molecule has 3 heterocycles. The summed E-state index contributed by atoms with van der Waals surface area (Å²) in [7, 11) is 0. The first-order chi connectivity index (χ1) is 16.9. The minimum atomic E-state index is -1.20. The third kappa shape index (κ3) is 4.56. The topological polar surface area (TPSA) is 123 Å². The Labute approximate surface area is 204 Å². The first-order valence-electron chi connectivity index (χ1n) is 12.5. The fourth-order valence-electron chi connectivity index (χ4n) is 6.67. The van der Waals surface area contributed by atoms with Crippen molar-refractivity contribution < 1.29 is 29.4 Å². The Morgan fingerprint density at radius 3 is 2.31 bits per heavy atom. The highest BCUT2D eigenvalue weighted by Crippen LogP contribution is 2.64. The molecule has 1 aromatic carbocycles. The number of carbonyl (C=O) groups is 3. The Bertz CT molecular complexity index is 947. The third-order valence-electron chi connectivity index (χ3n) is 8.57. The minimum absolute atomic E-state index is 0.250. The van der Waals surface area contributed by atoms with Crippen molar-refractivity contribution in [1.82, 2.24) is 15.3 Å². The van der Waals surface area contributed by atoms with Crippen LogP contribution in [0.2, 0.25) is 0 Å². The van der Waals surface area contributed by atoms with E-state index in [0.29, 0.717) is 57.6 Å². The van der Waals surface area contributed by atoms with Gasteiger partial charge in [0.1, 0.15) is 6.04 Å². The number of carboxylic acid groups (broad SMARTS) is 1. The van der Waals surface area contributed by atoms with E-state index in [0.717, 1.165) is 24.9 Å². The van der Waals surface area contributed by atoms with Crippen molar-refractivity contribution in [3.63, 3.8) is 0 Å². The molecule has 1 saturated carbocycles. The first kappa shape index (κ1) is 23.9.